The number of nitrogens with zero attached hydrogens (tertiary/aromatic N) is 1. The lowest BCUT2D eigenvalue weighted by atomic mass is 9.97. The first kappa shape index (κ1) is 17.8. The maximum absolute atomic E-state index is 12.9. The van der Waals surface area contributed by atoms with Crippen molar-refractivity contribution in [3.63, 3.8) is 0 Å². The average Bonchev–Trinajstić information content (AvgIpc) is 2.71. The molecule has 0 aromatic heterocycles. The molecule has 0 fully saturated rings. The summed E-state index contributed by atoms with van der Waals surface area (Å²) in [7, 11) is 0. The van der Waals surface area contributed by atoms with Crippen LogP contribution in [0.4, 0.5) is 5.69 Å². The minimum absolute atomic E-state index is 0.214. The number of carbonyl (C=O) groups excluding carboxylic acids is 1. The van der Waals surface area contributed by atoms with E-state index in [0.29, 0.717) is 13.1 Å². The SMILES string of the molecule is Cc1c(O)ccc(C2Sc3ccccc3N(CCN)C(=O)C2O)c1C. The quantitative estimate of drug-likeness (QED) is 0.785. The van der Waals surface area contributed by atoms with E-state index in [1.165, 1.54) is 11.8 Å². The molecule has 4 N–H and O–H groups in total. The summed E-state index contributed by atoms with van der Waals surface area (Å²) in [6.45, 7) is 4.41. The molecule has 0 spiro atoms. The fourth-order valence-electron chi connectivity index (χ4n) is 3.12. The lowest BCUT2D eigenvalue weighted by molar-refractivity contribution is -0.126. The number of carbonyl (C=O) groups is 1. The second-order valence-electron chi connectivity index (χ2n) is 6.15. The van der Waals surface area contributed by atoms with Crippen LogP contribution in [0.2, 0.25) is 0 Å². The molecule has 1 heterocycles. The number of fused-ring (bicyclic) bond motifs is 1. The van der Waals surface area contributed by atoms with E-state index in [4.69, 9.17) is 5.73 Å². The zero-order valence-electron chi connectivity index (χ0n) is 14.3. The highest BCUT2D eigenvalue weighted by Crippen LogP contribution is 2.47. The molecule has 0 saturated heterocycles. The number of amides is 1. The fourth-order valence-corrected chi connectivity index (χ4v) is 4.48. The monoisotopic (exact) mass is 358 g/mol. The number of aliphatic hydroxyl groups excluding tert-OH is 1. The van der Waals surface area contributed by atoms with Crippen molar-refractivity contribution < 1.29 is 15.0 Å². The number of aromatic hydroxyl groups is 1. The molecule has 0 aliphatic carbocycles. The van der Waals surface area contributed by atoms with Crippen molar-refractivity contribution in [3.8, 4) is 5.75 Å². The maximum atomic E-state index is 12.9. The molecule has 2 atom stereocenters. The molecule has 0 bridgehead atoms. The summed E-state index contributed by atoms with van der Waals surface area (Å²) < 4.78 is 0. The van der Waals surface area contributed by atoms with Crippen molar-refractivity contribution in [2.24, 2.45) is 5.73 Å². The van der Waals surface area contributed by atoms with Crippen LogP contribution in [0.3, 0.4) is 0 Å². The molecule has 25 heavy (non-hydrogen) atoms. The highest BCUT2D eigenvalue weighted by atomic mass is 32.2. The van der Waals surface area contributed by atoms with Crippen LogP contribution < -0.4 is 10.6 Å². The number of benzene rings is 2. The van der Waals surface area contributed by atoms with E-state index in [1.54, 1.807) is 17.0 Å². The number of phenolic OH excluding ortho intramolecular Hbond substituents is 1. The van der Waals surface area contributed by atoms with Gasteiger partial charge in [-0.1, -0.05) is 18.2 Å². The maximum Gasteiger partial charge on any atom is 0.257 e. The van der Waals surface area contributed by atoms with Crippen molar-refractivity contribution in [3.05, 3.63) is 53.1 Å². The largest absolute Gasteiger partial charge is 0.508 e. The molecule has 2 unspecified atom stereocenters. The van der Waals surface area contributed by atoms with Gasteiger partial charge in [-0.25, -0.2) is 0 Å². The van der Waals surface area contributed by atoms with Gasteiger partial charge in [-0.2, -0.15) is 0 Å². The van der Waals surface area contributed by atoms with E-state index in [9.17, 15) is 15.0 Å². The first-order valence-corrected chi connectivity index (χ1v) is 9.08. The predicted octanol–water partition coefficient (Wildman–Crippen LogP) is 2.51. The molecule has 3 rings (SSSR count). The van der Waals surface area contributed by atoms with Gasteiger partial charge in [-0.15, -0.1) is 11.8 Å². The van der Waals surface area contributed by atoms with Gasteiger partial charge in [0.15, 0.2) is 0 Å². The Morgan fingerprint density at radius 1 is 1.16 bits per heavy atom. The van der Waals surface area contributed by atoms with Crippen molar-refractivity contribution in [1.29, 1.82) is 0 Å². The fraction of sp³-hybridized carbons (Fsp3) is 0.316. The topological polar surface area (TPSA) is 86.8 Å². The number of aliphatic hydroxyl groups is 1. The lowest BCUT2D eigenvalue weighted by Crippen LogP contribution is -2.42. The molecule has 0 radical (unpaired) electrons. The van der Waals surface area contributed by atoms with E-state index in [2.05, 4.69) is 0 Å². The number of phenols is 1. The molecule has 1 aliphatic rings. The van der Waals surface area contributed by atoms with Crippen LogP contribution in [-0.2, 0) is 4.79 Å². The van der Waals surface area contributed by atoms with Crippen LogP contribution in [0.1, 0.15) is 21.9 Å². The predicted molar refractivity (Wildman–Crippen MR) is 100 cm³/mol. The van der Waals surface area contributed by atoms with Gasteiger partial charge in [0.25, 0.3) is 5.91 Å². The Morgan fingerprint density at radius 2 is 1.88 bits per heavy atom. The van der Waals surface area contributed by atoms with Crippen molar-refractivity contribution in [2.45, 2.75) is 30.1 Å². The summed E-state index contributed by atoms with van der Waals surface area (Å²) in [6, 6.07) is 11.0. The first-order valence-electron chi connectivity index (χ1n) is 8.20. The smallest absolute Gasteiger partial charge is 0.257 e. The number of hydrogen-bond acceptors (Lipinski definition) is 5. The van der Waals surface area contributed by atoms with E-state index in [0.717, 1.165) is 27.3 Å². The van der Waals surface area contributed by atoms with Crippen LogP contribution in [0, 0.1) is 13.8 Å². The molecule has 132 valence electrons. The molecule has 6 heteroatoms. The van der Waals surface area contributed by atoms with Crippen LogP contribution in [0.5, 0.6) is 5.75 Å². The van der Waals surface area contributed by atoms with Gasteiger partial charge in [-0.3, -0.25) is 4.79 Å². The third kappa shape index (κ3) is 3.13. The van der Waals surface area contributed by atoms with Gasteiger partial charge in [0.05, 0.1) is 10.9 Å². The van der Waals surface area contributed by atoms with Crippen molar-refractivity contribution >= 4 is 23.4 Å². The first-order chi connectivity index (χ1) is 12.0. The summed E-state index contributed by atoms with van der Waals surface area (Å²) in [5.74, 6) is -0.135. The van der Waals surface area contributed by atoms with Gasteiger partial charge >= 0.3 is 0 Å². The summed E-state index contributed by atoms with van der Waals surface area (Å²) in [5.41, 5.74) is 8.94. The zero-order chi connectivity index (χ0) is 18.1. The van der Waals surface area contributed by atoms with Gasteiger partial charge in [0, 0.05) is 18.0 Å². The zero-order valence-corrected chi connectivity index (χ0v) is 15.1. The molecule has 0 saturated carbocycles. The second-order valence-corrected chi connectivity index (χ2v) is 7.34. The summed E-state index contributed by atoms with van der Waals surface area (Å²) in [5, 5.41) is 20.3. The molecule has 1 amide bonds. The standard InChI is InChI=1S/C19H22N2O3S/c1-11-12(2)15(22)8-7-13(11)18-17(23)19(24)21(10-9-20)14-5-3-4-6-16(14)25-18/h3-8,17-18,22-23H,9-10,20H2,1-2H3. The van der Waals surface area contributed by atoms with Gasteiger partial charge in [0.1, 0.15) is 11.9 Å². The normalized spacial score (nSPS) is 20.3. The Morgan fingerprint density at radius 3 is 2.60 bits per heavy atom. The highest BCUT2D eigenvalue weighted by Gasteiger charge is 2.37. The van der Waals surface area contributed by atoms with Gasteiger partial charge < -0.3 is 20.8 Å². The van der Waals surface area contributed by atoms with Gasteiger partial charge in [-0.05, 0) is 48.7 Å². The molecule has 5 nitrogen and oxygen atoms in total. The average molecular weight is 358 g/mol. The number of anilines is 1. The van der Waals surface area contributed by atoms with E-state index >= 15 is 0 Å². The molecule has 2 aromatic carbocycles. The lowest BCUT2D eigenvalue weighted by Gasteiger charge is -2.25. The number of rotatable bonds is 3. The third-order valence-electron chi connectivity index (χ3n) is 4.68. The Labute approximate surface area is 151 Å². The Hall–Kier alpha value is -2.02. The number of para-hydroxylation sites is 1. The van der Waals surface area contributed by atoms with Gasteiger partial charge in [0.2, 0.25) is 0 Å². The van der Waals surface area contributed by atoms with Crippen LogP contribution in [0.15, 0.2) is 41.3 Å². The van der Waals surface area contributed by atoms with Crippen molar-refractivity contribution in [1.82, 2.24) is 0 Å². The van der Waals surface area contributed by atoms with Crippen LogP contribution in [0.25, 0.3) is 0 Å². The van der Waals surface area contributed by atoms with Crippen LogP contribution >= 0.6 is 11.8 Å². The van der Waals surface area contributed by atoms with E-state index in [-0.39, 0.29) is 11.7 Å². The molecule has 2 aromatic rings. The number of thioether (sulfide) groups is 1. The van der Waals surface area contributed by atoms with Crippen LogP contribution in [-0.4, -0.2) is 35.3 Å². The highest BCUT2D eigenvalue weighted by molar-refractivity contribution is 7.99. The summed E-state index contributed by atoms with van der Waals surface area (Å²) in [6.07, 6.45) is -1.19. The number of nitrogens with two attached hydrogens (primary N) is 1. The molecular formula is C19H22N2O3S. The second kappa shape index (κ2) is 7.07. The Kier molecular flexibility index (Phi) is 5.03. The molecule has 1 aliphatic heterocycles. The minimum atomic E-state index is -1.19. The van der Waals surface area contributed by atoms with E-state index in [1.807, 2.05) is 38.1 Å². The summed E-state index contributed by atoms with van der Waals surface area (Å²) in [4.78, 5) is 15.4. The van der Waals surface area contributed by atoms with E-state index < -0.39 is 11.4 Å². The number of hydrogen-bond donors (Lipinski definition) is 3. The molecular weight excluding hydrogens is 336 g/mol. The Balaban J connectivity index is 2.12. The third-order valence-corrected chi connectivity index (χ3v) is 6.04. The summed E-state index contributed by atoms with van der Waals surface area (Å²) >= 11 is 1.47. The minimum Gasteiger partial charge on any atom is -0.508 e. The van der Waals surface area contributed by atoms with Crippen molar-refractivity contribution in [2.75, 3.05) is 18.0 Å². The Bertz CT molecular complexity index is 809.